The Morgan fingerprint density at radius 2 is 1.82 bits per heavy atom. The van der Waals surface area contributed by atoms with E-state index >= 15 is 0 Å². The number of imide groups is 1. The second-order valence-corrected chi connectivity index (χ2v) is 8.06. The molecule has 2 aromatic rings. The van der Waals surface area contributed by atoms with Crippen LogP contribution in [0, 0.1) is 0 Å². The summed E-state index contributed by atoms with van der Waals surface area (Å²) in [5.41, 5.74) is 1.10. The van der Waals surface area contributed by atoms with Crippen LogP contribution in [0.4, 0.5) is 4.79 Å². The molecular weight excluding hydrogens is 448 g/mol. The van der Waals surface area contributed by atoms with Crippen molar-refractivity contribution in [2.45, 2.75) is 0 Å². The number of fused-ring (bicyclic) bond motifs is 1. The van der Waals surface area contributed by atoms with Gasteiger partial charge in [0.05, 0.1) is 19.1 Å². The predicted octanol–water partition coefficient (Wildman–Crippen LogP) is 2.94. The van der Waals surface area contributed by atoms with Crippen LogP contribution in [0.5, 0.6) is 23.0 Å². The maximum absolute atomic E-state index is 12.7. The van der Waals surface area contributed by atoms with Crippen LogP contribution >= 0.6 is 11.8 Å². The average Bonchev–Trinajstić information content (AvgIpc) is 3.10. The summed E-state index contributed by atoms with van der Waals surface area (Å²) < 4.78 is 21.4. The lowest BCUT2D eigenvalue weighted by Gasteiger charge is -2.19. The van der Waals surface area contributed by atoms with Crippen LogP contribution in [0.1, 0.15) is 15.9 Å². The molecule has 1 fully saturated rings. The number of nitrogens with one attached hydrogen (secondary N) is 1. The molecule has 1 saturated heterocycles. The molecule has 0 radical (unpaired) electrons. The minimum Gasteiger partial charge on any atom is -0.493 e. The van der Waals surface area contributed by atoms with Crippen molar-refractivity contribution in [3.63, 3.8) is 0 Å². The molecule has 0 bridgehead atoms. The average molecular weight is 471 g/mol. The number of benzene rings is 2. The summed E-state index contributed by atoms with van der Waals surface area (Å²) >= 11 is 0.854. The molecule has 1 N–H and O–H groups in total. The number of amides is 3. The Hall–Kier alpha value is -3.66. The summed E-state index contributed by atoms with van der Waals surface area (Å²) in [6.45, 7) is 1.07. The second-order valence-electron chi connectivity index (χ2n) is 7.06. The van der Waals surface area contributed by atoms with Crippen molar-refractivity contribution in [3.05, 3.63) is 52.4 Å². The van der Waals surface area contributed by atoms with Crippen molar-refractivity contribution in [2.24, 2.45) is 0 Å². The Morgan fingerprint density at radius 3 is 2.58 bits per heavy atom. The second kappa shape index (κ2) is 9.86. The van der Waals surface area contributed by atoms with Crippen molar-refractivity contribution in [3.8, 4) is 23.0 Å². The molecule has 0 saturated carbocycles. The first-order chi connectivity index (χ1) is 16.0. The van der Waals surface area contributed by atoms with Gasteiger partial charge in [-0.15, -0.1) is 0 Å². The van der Waals surface area contributed by atoms with E-state index in [2.05, 4.69) is 5.32 Å². The zero-order valence-corrected chi connectivity index (χ0v) is 18.9. The van der Waals surface area contributed by atoms with Crippen LogP contribution in [0.15, 0.2) is 41.3 Å². The van der Waals surface area contributed by atoms with Gasteiger partial charge in [-0.3, -0.25) is 19.3 Å². The number of hydrogen-bond donors (Lipinski definition) is 1. The van der Waals surface area contributed by atoms with Gasteiger partial charge < -0.3 is 24.3 Å². The first-order valence-electron chi connectivity index (χ1n) is 10.2. The quantitative estimate of drug-likeness (QED) is 0.616. The standard InChI is InChI=1S/C23H22N2O7S/c1-29-16-5-3-14(11-18(16)30-2)12-20-22(27)25(23(28)33-20)8-7-24-21(26)15-4-6-17-19(13-15)32-10-9-31-17/h3-6,11-13H,7-10H2,1-2H3,(H,24,26). The summed E-state index contributed by atoms with van der Waals surface area (Å²) in [5.74, 6) is 1.45. The molecule has 172 valence electrons. The summed E-state index contributed by atoms with van der Waals surface area (Å²) in [6, 6.07) is 10.1. The van der Waals surface area contributed by atoms with Gasteiger partial charge in [0.1, 0.15) is 13.2 Å². The van der Waals surface area contributed by atoms with Crippen LogP contribution in [-0.4, -0.2) is 62.5 Å². The zero-order valence-electron chi connectivity index (χ0n) is 18.1. The molecular formula is C23H22N2O7S. The Bertz CT molecular complexity index is 1130. The Morgan fingerprint density at radius 1 is 1.06 bits per heavy atom. The van der Waals surface area contributed by atoms with Gasteiger partial charge >= 0.3 is 0 Å². The fraction of sp³-hybridized carbons (Fsp3) is 0.261. The van der Waals surface area contributed by atoms with Gasteiger partial charge in [-0.05, 0) is 53.7 Å². The van der Waals surface area contributed by atoms with E-state index in [1.54, 1.807) is 42.5 Å². The van der Waals surface area contributed by atoms with Crippen LogP contribution in [0.25, 0.3) is 6.08 Å². The van der Waals surface area contributed by atoms with E-state index in [1.165, 1.54) is 14.2 Å². The number of rotatable bonds is 7. The lowest BCUT2D eigenvalue weighted by atomic mass is 10.2. The van der Waals surface area contributed by atoms with E-state index in [4.69, 9.17) is 18.9 Å². The van der Waals surface area contributed by atoms with Gasteiger partial charge in [0.25, 0.3) is 17.1 Å². The number of hydrogen-bond acceptors (Lipinski definition) is 8. The highest BCUT2D eigenvalue weighted by Crippen LogP contribution is 2.34. The van der Waals surface area contributed by atoms with Crippen molar-refractivity contribution in [1.29, 1.82) is 0 Å². The van der Waals surface area contributed by atoms with Gasteiger partial charge in [0.2, 0.25) is 0 Å². The van der Waals surface area contributed by atoms with E-state index in [0.29, 0.717) is 52.2 Å². The summed E-state index contributed by atoms with van der Waals surface area (Å²) in [6.07, 6.45) is 1.63. The highest BCUT2D eigenvalue weighted by atomic mass is 32.2. The molecule has 2 heterocycles. The number of methoxy groups -OCH3 is 2. The molecule has 0 atom stereocenters. The fourth-order valence-corrected chi connectivity index (χ4v) is 4.22. The summed E-state index contributed by atoms with van der Waals surface area (Å²) in [5, 5.41) is 2.34. The van der Waals surface area contributed by atoms with E-state index in [-0.39, 0.29) is 24.2 Å². The van der Waals surface area contributed by atoms with E-state index < -0.39 is 5.91 Å². The number of ether oxygens (including phenoxy) is 4. The third-order valence-corrected chi connectivity index (χ3v) is 5.91. The number of carbonyl (C=O) groups is 3. The normalized spacial score (nSPS) is 16.2. The molecule has 2 aliphatic rings. The van der Waals surface area contributed by atoms with Gasteiger partial charge in [-0.1, -0.05) is 6.07 Å². The number of thioether (sulfide) groups is 1. The van der Waals surface area contributed by atoms with Crippen LogP contribution in [0.3, 0.4) is 0 Å². The topological polar surface area (TPSA) is 103 Å². The Kier molecular flexibility index (Phi) is 6.74. The summed E-state index contributed by atoms with van der Waals surface area (Å²) in [4.78, 5) is 38.9. The first-order valence-corrected chi connectivity index (χ1v) is 11.0. The minimum absolute atomic E-state index is 0.0598. The maximum Gasteiger partial charge on any atom is 0.293 e. The predicted molar refractivity (Wildman–Crippen MR) is 122 cm³/mol. The molecule has 9 nitrogen and oxygen atoms in total. The maximum atomic E-state index is 12.7. The molecule has 0 unspecified atom stereocenters. The molecule has 0 aromatic heterocycles. The monoisotopic (exact) mass is 470 g/mol. The van der Waals surface area contributed by atoms with Gasteiger partial charge in [-0.2, -0.15) is 0 Å². The Labute approximate surface area is 194 Å². The van der Waals surface area contributed by atoms with Crippen LogP contribution < -0.4 is 24.3 Å². The molecule has 3 amide bonds. The highest BCUT2D eigenvalue weighted by molar-refractivity contribution is 8.18. The van der Waals surface area contributed by atoms with Gasteiger partial charge in [0.15, 0.2) is 23.0 Å². The smallest absolute Gasteiger partial charge is 0.293 e. The first kappa shape index (κ1) is 22.5. The molecule has 2 aromatic carbocycles. The van der Waals surface area contributed by atoms with Crippen molar-refractivity contribution >= 4 is 34.9 Å². The van der Waals surface area contributed by atoms with Crippen molar-refractivity contribution in [2.75, 3.05) is 40.5 Å². The largest absolute Gasteiger partial charge is 0.493 e. The minimum atomic E-state index is -0.409. The molecule has 4 rings (SSSR count). The zero-order chi connectivity index (χ0) is 23.4. The van der Waals surface area contributed by atoms with Gasteiger partial charge in [0, 0.05) is 18.7 Å². The highest BCUT2D eigenvalue weighted by Gasteiger charge is 2.34. The lowest BCUT2D eigenvalue weighted by Crippen LogP contribution is -2.37. The van der Waals surface area contributed by atoms with E-state index in [9.17, 15) is 14.4 Å². The van der Waals surface area contributed by atoms with E-state index in [1.807, 2.05) is 0 Å². The lowest BCUT2D eigenvalue weighted by molar-refractivity contribution is -0.122. The molecule has 0 aliphatic carbocycles. The molecule has 33 heavy (non-hydrogen) atoms. The third kappa shape index (κ3) is 4.90. The molecule has 10 heteroatoms. The fourth-order valence-electron chi connectivity index (χ4n) is 3.35. The van der Waals surface area contributed by atoms with Crippen LogP contribution in [0.2, 0.25) is 0 Å². The molecule has 0 spiro atoms. The third-order valence-electron chi connectivity index (χ3n) is 5.00. The Balaban J connectivity index is 1.36. The summed E-state index contributed by atoms with van der Waals surface area (Å²) in [7, 11) is 3.06. The van der Waals surface area contributed by atoms with Crippen LogP contribution in [-0.2, 0) is 4.79 Å². The number of carbonyl (C=O) groups excluding carboxylic acids is 3. The SMILES string of the molecule is COc1ccc(C=C2SC(=O)N(CCNC(=O)c3ccc4c(c3)OCCO4)C2=O)cc1OC. The molecule has 2 aliphatic heterocycles. The number of nitrogens with zero attached hydrogens (tertiary/aromatic N) is 1. The van der Waals surface area contributed by atoms with Crippen molar-refractivity contribution in [1.82, 2.24) is 10.2 Å². The van der Waals surface area contributed by atoms with Crippen molar-refractivity contribution < 1.29 is 33.3 Å². The van der Waals surface area contributed by atoms with E-state index in [0.717, 1.165) is 16.7 Å². The van der Waals surface area contributed by atoms with Gasteiger partial charge in [-0.25, -0.2) is 0 Å².